The molecule has 2 rings (SSSR count). The molecule has 0 aromatic carbocycles. The lowest BCUT2D eigenvalue weighted by atomic mass is 10.1. The molecule has 1 aromatic heterocycles. The van der Waals surface area contributed by atoms with E-state index in [-0.39, 0.29) is 11.5 Å². The fourth-order valence-electron chi connectivity index (χ4n) is 2.65. The molecule has 1 aliphatic rings. The molecule has 2 N–H and O–H groups in total. The van der Waals surface area contributed by atoms with Crippen LogP contribution in [-0.4, -0.2) is 24.5 Å². The number of hydrogen-bond acceptors (Lipinski definition) is 3. The van der Waals surface area contributed by atoms with Gasteiger partial charge in [0.25, 0.3) is 5.91 Å². The molecule has 5 heteroatoms. The molecular weight excluding hydrogens is 245 g/mol. The summed E-state index contributed by atoms with van der Waals surface area (Å²) in [7, 11) is 1.66. The van der Waals surface area contributed by atoms with Crippen LogP contribution in [0.5, 0.6) is 0 Å². The Hall–Kier alpha value is -1.65. The highest BCUT2D eigenvalue weighted by Crippen LogP contribution is 2.29. The number of amides is 1. The molecule has 1 heterocycles. The first-order chi connectivity index (χ1) is 9.10. The van der Waals surface area contributed by atoms with Crippen LogP contribution in [0.2, 0.25) is 0 Å². The SMILES string of the molecule is CNc1ncc(F)cc1C(=O)NCC1CCC(C)C1. The molecular formula is C14H20FN3O. The molecule has 0 aliphatic heterocycles. The molecule has 2 atom stereocenters. The molecule has 104 valence electrons. The summed E-state index contributed by atoms with van der Waals surface area (Å²) in [6.07, 6.45) is 4.63. The third kappa shape index (κ3) is 3.43. The van der Waals surface area contributed by atoms with Gasteiger partial charge >= 0.3 is 0 Å². The van der Waals surface area contributed by atoms with Crippen LogP contribution >= 0.6 is 0 Å². The van der Waals surface area contributed by atoms with Crippen molar-refractivity contribution in [1.29, 1.82) is 0 Å². The maximum absolute atomic E-state index is 13.2. The Morgan fingerprint density at radius 2 is 2.32 bits per heavy atom. The monoisotopic (exact) mass is 265 g/mol. The van der Waals surface area contributed by atoms with Crippen LogP contribution in [-0.2, 0) is 0 Å². The average Bonchev–Trinajstić information content (AvgIpc) is 2.81. The topological polar surface area (TPSA) is 54.0 Å². The Labute approximate surface area is 112 Å². The summed E-state index contributed by atoms with van der Waals surface area (Å²) in [6.45, 7) is 2.89. The van der Waals surface area contributed by atoms with Gasteiger partial charge in [0.2, 0.25) is 0 Å². The van der Waals surface area contributed by atoms with E-state index in [1.54, 1.807) is 7.05 Å². The number of anilines is 1. The zero-order valence-electron chi connectivity index (χ0n) is 11.4. The predicted octanol–water partition coefficient (Wildman–Crippen LogP) is 2.43. The zero-order chi connectivity index (χ0) is 13.8. The Morgan fingerprint density at radius 1 is 1.53 bits per heavy atom. The maximum Gasteiger partial charge on any atom is 0.255 e. The first kappa shape index (κ1) is 13.8. The summed E-state index contributed by atoms with van der Waals surface area (Å²) >= 11 is 0. The van der Waals surface area contributed by atoms with Gasteiger partial charge in [-0.05, 0) is 30.7 Å². The number of rotatable bonds is 4. The van der Waals surface area contributed by atoms with Crippen molar-refractivity contribution in [3.8, 4) is 0 Å². The van der Waals surface area contributed by atoms with E-state index >= 15 is 0 Å². The fraction of sp³-hybridized carbons (Fsp3) is 0.571. The molecule has 0 radical (unpaired) electrons. The molecule has 4 nitrogen and oxygen atoms in total. The second-order valence-corrected chi connectivity index (χ2v) is 5.29. The van der Waals surface area contributed by atoms with Crippen LogP contribution < -0.4 is 10.6 Å². The minimum absolute atomic E-state index is 0.258. The van der Waals surface area contributed by atoms with E-state index < -0.39 is 5.82 Å². The van der Waals surface area contributed by atoms with Crippen LogP contribution in [0, 0.1) is 17.7 Å². The zero-order valence-corrected chi connectivity index (χ0v) is 11.4. The van der Waals surface area contributed by atoms with Crippen molar-refractivity contribution < 1.29 is 9.18 Å². The van der Waals surface area contributed by atoms with Crippen molar-refractivity contribution in [2.75, 3.05) is 18.9 Å². The molecule has 1 aromatic rings. The van der Waals surface area contributed by atoms with Crippen LogP contribution in [0.3, 0.4) is 0 Å². The van der Waals surface area contributed by atoms with Gasteiger partial charge in [-0.3, -0.25) is 4.79 Å². The van der Waals surface area contributed by atoms with E-state index in [9.17, 15) is 9.18 Å². The molecule has 0 bridgehead atoms. The molecule has 1 fully saturated rings. The van der Waals surface area contributed by atoms with Gasteiger partial charge in [-0.2, -0.15) is 0 Å². The average molecular weight is 265 g/mol. The van der Waals surface area contributed by atoms with Crippen LogP contribution in [0.1, 0.15) is 36.5 Å². The summed E-state index contributed by atoms with van der Waals surface area (Å²) < 4.78 is 13.2. The Morgan fingerprint density at radius 3 is 2.95 bits per heavy atom. The standard InChI is InChI=1S/C14H20FN3O/c1-9-3-4-10(5-9)7-18-14(19)12-6-11(15)8-17-13(12)16-2/h6,8-10H,3-5,7H2,1-2H3,(H,16,17)(H,18,19). The quantitative estimate of drug-likeness (QED) is 0.879. The number of pyridine rings is 1. The maximum atomic E-state index is 13.2. The molecule has 0 saturated heterocycles. The highest BCUT2D eigenvalue weighted by Gasteiger charge is 2.22. The van der Waals surface area contributed by atoms with Crippen molar-refractivity contribution in [3.05, 3.63) is 23.6 Å². The molecule has 1 amide bonds. The number of hydrogen-bond donors (Lipinski definition) is 2. The minimum Gasteiger partial charge on any atom is -0.372 e. The van der Waals surface area contributed by atoms with Crippen LogP contribution in [0.4, 0.5) is 10.2 Å². The van der Waals surface area contributed by atoms with Gasteiger partial charge in [0.15, 0.2) is 0 Å². The summed E-state index contributed by atoms with van der Waals surface area (Å²) in [5, 5.41) is 5.68. The van der Waals surface area contributed by atoms with E-state index in [0.717, 1.165) is 25.0 Å². The van der Waals surface area contributed by atoms with Gasteiger partial charge < -0.3 is 10.6 Å². The number of halogens is 1. The van der Waals surface area contributed by atoms with Crippen LogP contribution in [0.15, 0.2) is 12.3 Å². The predicted molar refractivity (Wildman–Crippen MR) is 72.6 cm³/mol. The van der Waals surface area contributed by atoms with Crippen LogP contribution in [0.25, 0.3) is 0 Å². The van der Waals surface area contributed by atoms with Gasteiger partial charge in [-0.15, -0.1) is 0 Å². The number of aromatic nitrogens is 1. The Balaban J connectivity index is 1.97. The van der Waals surface area contributed by atoms with Gasteiger partial charge in [0.05, 0.1) is 11.8 Å². The highest BCUT2D eigenvalue weighted by atomic mass is 19.1. The largest absolute Gasteiger partial charge is 0.372 e. The van der Waals surface area contributed by atoms with E-state index in [0.29, 0.717) is 18.3 Å². The molecule has 2 unspecified atom stereocenters. The third-order valence-electron chi connectivity index (χ3n) is 3.69. The van der Waals surface area contributed by atoms with E-state index in [2.05, 4.69) is 22.5 Å². The normalized spacial score (nSPS) is 22.3. The number of carbonyl (C=O) groups excluding carboxylic acids is 1. The molecule has 0 spiro atoms. The summed E-state index contributed by atoms with van der Waals surface area (Å²) in [5.41, 5.74) is 0.258. The van der Waals surface area contributed by atoms with Gasteiger partial charge in [0.1, 0.15) is 11.6 Å². The van der Waals surface area contributed by atoms with E-state index in [1.807, 2.05) is 0 Å². The lowest BCUT2D eigenvalue weighted by molar-refractivity contribution is 0.0947. The molecule has 19 heavy (non-hydrogen) atoms. The van der Waals surface area contributed by atoms with E-state index in [1.165, 1.54) is 12.5 Å². The van der Waals surface area contributed by atoms with Crippen molar-refractivity contribution >= 4 is 11.7 Å². The van der Waals surface area contributed by atoms with Crippen molar-refractivity contribution in [2.45, 2.75) is 26.2 Å². The Bertz CT molecular complexity index is 464. The van der Waals surface area contributed by atoms with E-state index in [4.69, 9.17) is 0 Å². The minimum atomic E-state index is -0.501. The van der Waals surface area contributed by atoms with Crippen molar-refractivity contribution in [2.24, 2.45) is 11.8 Å². The summed E-state index contributed by atoms with van der Waals surface area (Å²) in [5.74, 6) is 0.914. The highest BCUT2D eigenvalue weighted by molar-refractivity contribution is 5.98. The molecule has 1 saturated carbocycles. The van der Waals surface area contributed by atoms with Crippen molar-refractivity contribution in [3.63, 3.8) is 0 Å². The first-order valence-electron chi connectivity index (χ1n) is 6.71. The molecule has 1 aliphatic carbocycles. The number of carbonyl (C=O) groups is 1. The second kappa shape index (κ2) is 5.99. The summed E-state index contributed by atoms with van der Waals surface area (Å²) in [4.78, 5) is 15.9. The lowest BCUT2D eigenvalue weighted by Gasteiger charge is -2.12. The van der Waals surface area contributed by atoms with Gasteiger partial charge in [-0.25, -0.2) is 9.37 Å². The second-order valence-electron chi connectivity index (χ2n) is 5.29. The number of nitrogens with zero attached hydrogens (tertiary/aromatic N) is 1. The fourth-order valence-corrected chi connectivity index (χ4v) is 2.65. The van der Waals surface area contributed by atoms with Gasteiger partial charge in [-0.1, -0.05) is 13.3 Å². The Kier molecular flexibility index (Phi) is 4.35. The summed E-state index contributed by atoms with van der Waals surface area (Å²) in [6, 6.07) is 1.21. The number of nitrogens with one attached hydrogen (secondary N) is 2. The lowest BCUT2D eigenvalue weighted by Crippen LogP contribution is -2.29. The first-order valence-corrected chi connectivity index (χ1v) is 6.71. The third-order valence-corrected chi connectivity index (χ3v) is 3.69. The van der Waals surface area contributed by atoms with Gasteiger partial charge in [0, 0.05) is 13.6 Å². The van der Waals surface area contributed by atoms with Crippen molar-refractivity contribution in [1.82, 2.24) is 10.3 Å². The smallest absolute Gasteiger partial charge is 0.255 e.